The Balaban J connectivity index is 1.09. The highest BCUT2D eigenvalue weighted by Gasteiger charge is 2.47. The van der Waals surface area contributed by atoms with Crippen LogP contribution in [0, 0.1) is 46.8 Å². The zero-order valence-corrected chi connectivity index (χ0v) is 42.3. The molecule has 0 bridgehead atoms. The van der Waals surface area contributed by atoms with E-state index in [1.165, 1.54) is 5.56 Å². The third-order valence-corrected chi connectivity index (χ3v) is 19.4. The van der Waals surface area contributed by atoms with Crippen molar-refractivity contribution in [3.8, 4) is 23.3 Å². The summed E-state index contributed by atoms with van der Waals surface area (Å²) in [6.45, 7) is 2.45. The van der Waals surface area contributed by atoms with E-state index in [0.717, 1.165) is 65.6 Å². The summed E-state index contributed by atoms with van der Waals surface area (Å²) < 4.78 is 6.92. The number of aliphatic hydroxyl groups excluding tert-OH is 6. The number of aromatic hydroxyl groups is 1. The number of benzene rings is 2. The van der Waals surface area contributed by atoms with E-state index in [0.29, 0.717) is 81.7 Å². The van der Waals surface area contributed by atoms with Gasteiger partial charge in [-0.1, -0.05) is 101 Å². The SMILES string of the molecule is CCC1Cc2cc(O)c(OC3CC(Cc4ccc[nH]4)C4=CCNC(N)=C4CSSCC(CO)C3O)cc2C2CC(O)C3C(C#CC(CCO)(CC4(c5ccccc5)CCCC4)CC(O)CCC3O)C=C12. The van der Waals surface area contributed by atoms with Gasteiger partial charge in [0.05, 0.1) is 24.4 Å². The van der Waals surface area contributed by atoms with Crippen LogP contribution in [0.15, 0.2) is 95.5 Å². The molecule has 2 aromatic carbocycles. The Morgan fingerprint density at radius 1 is 0.943 bits per heavy atom. The number of fused-ring (bicyclic) bond motifs is 5. The minimum absolute atomic E-state index is 0.0289. The van der Waals surface area contributed by atoms with Gasteiger partial charge in [-0.15, -0.1) is 0 Å². The van der Waals surface area contributed by atoms with E-state index in [2.05, 4.69) is 71.5 Å². The molecule has 12 unspecified atom stereocenters. The van der Waals surface area contributed by atoms with Crippen molar-refractivity contribution in [2.24, 2.45) is 40.7 Å². The molecule has 6 aliphatic rings. The fourth-order valence-corrected chi connectivity index (χ4v) is 15.9. The Kier molecular flexibility index (Phi) is 16.4. The molecule has 9 rings (SSSR count). The van der Waals surface area contributed by atoms with Crippen molar-refractivity contribution >= 4 is 21.6 Å². The van der Waals surface area contributed by atoms with Gasteiger partial charge in [-0.25, -0.2) is 0 Å². The Morgan fingerprint density at radius 2 is 1.76 bits per heavy atom. The lowest BCUT2D eigenvalue weighted by Crippen LogP contribution is -2.42. The molecule has 378 valence electrons. The summed E-state index contributed by atoms with van der Waals surface area (Å²) in [5.74, 6) is 7.53. The molecular formula is C57H75N3O8S2. The number of nitrogens with two attached hydrogens (primary N) is 1. The molecule has 11 N–H and O–H groups in total. The second-order valence-corrected chi connectivity index (χ2v) is 23.9. The zero-order valence-electron chi connectivity index (χ0n) is 40.6. The minimum Gasteiger partial charge on any atom is -0.504 e. The first kappa shape index (κ1) is 51.1. The van der Waals surface area contributed by atoms with Crippen molar-refractivity contribution in [3.05, 3.63) is 118 Å². The molecule has 3 aromatic rings. The molecule has 3 heterocycles. The van der Waals surface area contributed by atoms with Crippen molar-refractivity contribution in [3.63, 3.8) is 0 Å². The number of dihydropyridines is 1. The van der Waals surface area contributed by atoms with Crippen LogP contribution in [0.4, 0.5) is 0 Å². The second kappa shape index (κ2) is 22.5. The predicted molar refractivity (Wildman–Crippen MR) is 279 cm³/mol. The quantitative estimate of drug-likeness (QED) is 0.0514. The standard InChI is InChI=1S/C57H75N3O8S2/c1-2-35-23-37-26-49(65)51(68-52-27-38(24-41-11-8-20-59-41)43-15-21-60-55(58)47(43)33-70-69-32-39(31-62)54(52)67)29-45(37)46-28-50(66)53-36(25-44(35)46)14-18-56(19-22-61,30-42(63)12-13-48(53)64)34-57(16-6-7-17-57)40-9-4-3-5-10-40/h3-5,8-11,15,20,25-26,29,35-36,38-39,42,46,48,50,52-54,59-67H,2,6-7,12-13,16-17,19,21-24,27-28,30-34,58H2,1H3. The Morgan fingerprint density at radius 3 is 2.50 bits per heavy atom. The zero-order chi connectivity index (χ0) is 49.0. The third kappa shape index (κ3) is 10.9. The maximum atomic E-state index is 12.5. The van der Waals surface area contributed by atoms with Crippen LogP contribution in [0.1, 0.15) is 112 Å². The van der Waals surface area contributed by atoms with Crippen molar-refractivity contribution < 1.29 is 40.5 Å². The highest BCUT2D eigenvalue weighted by Crippen LogP contribution is 2.53. The van der Waals surface area contributed by atoms with E-state index in [1.807, 2.05) is 24.4 Å². The molecule has 13 heteroatoms. The van der Waals surface area contributed by atoms with Gasteiger partial charge >= 0.3 is 0 Å². The maximum absolute atomic E-state index is 12.5. The summed E-state index contributed by atoms with van der Waals surface area (Å²) in [6, 6.07) is 18.4. The van der Waals surface area contributed by atoms with Crippen molar-refractivity contribution in [1.29, 1.82) is 0 Å². The maximum Gasteiger partial charge on any atom is 0.161 e. The monoisotopic (exact) mass is 993 g/mol. The number of ether oxygens (including phenoxy) is 1. The number of hydrogen-bond acceptors (Lipinski definition) is 12. The van der Waals surface area contributed by atoms with Gasteiger partial charge < -0.3 is 56.5 Å². The molecule has 1 saturated heterocycles. The van der Waals surface area contributed by atoms with Gasteiger partial charge in [-0.05, 0) is 141 Å². The third-order valence-electron chi connectivity index (χ3n) is 17.0. The molecule has 11 nitrogen and oxygen atoms in total. The smallest absolute Gasteiger partial charge is 0.161 e. The molecule has 4 aliphatic carbocycles. The summed E-state index contributed by atoms with van der Waals surface area (Å²) in [4.78, 5) is 3.36. The molecule has 0 amide bonds. The first-order valence-electron chi connectivity index (χ1n) is 26.0. The molecule has 12 atom stereocenters. The van der Waals surface area contributed by atoms with E-state index in [1.54, 1.807) is 27.7 Å². The van der Waals surface area contributed by atoms with Gasteiger partial charge in [0.25, 0.3) is 0 Å². The Hall–Kier alpha value is -3.84. The van der Waals surface area contributed by atoms with E-state index < -0.39 is 53.7 Å². The fourth-order valence-electron chi connectivity index (χ4n) is 13.4. The van der Waals surface area contributed by atoms with Crippen molar-refractivity contribution in [2.45, 2.75) is 139 Å². The molecule has 2 fully saturated rings. The number of aliphatic hydroxyl groups is 6. The first-order valence-corrected chi connectivity index (χ1v) is 28.5. The number of aromatic nitrogens is 1. The summed E-state index contributed by atoms with van der Waals surface area (Å²) in [5.41, 5.74) is 13.3. The number of phenolic OH excluding ortho intramolecular Hbond substituents is 1. The van der Waals surface area contributed by atoms with Crippen LogP contribution >= 0.6 is 21.6 Å². The van der Waals surface area contributed by atoms with Gasteiger partial charge in [0.1, 0.15) is 11.9 Å². The van der Waals surface area contributed by atoms with E-state index in [4.69, 9.17) is 10.5 Å². The van der Waals surface area contributed by atoms with Gasteiger partial charge in [0.15, 0.2) is 11.5 Å². The summed E-state index contributed by atoms with van der Waals surface area (Å²) in [7, 11) is 3.24. The second-order valence-electron chi connectivity index (χ2n) is 21.4. The average molecular weight is 994 g/mol. The van der Waals surface area contributed by atoms with Crippen LogP contribution < -0.4 is 15.8 Å². The lowest BCUT2D eigenvalue weighted by molar-refractivity contribution is -0.0215. The molecule has 1 aromatic heterocycles. The van der Waals surface area contributed by atoms with Crippen LogP contribution in [-0.4, -0.2) is 103 Å². The average Bonchev–Trinajstić information content (AvgIpc) is 4.03. The number of aromatic amines is 1. The van der Waals surface area contributed by atoms with Gasteiger partial charge in [0, 0.05) is 77.8 Å². The van der Waals surface area contributed by atoms with Crippen molar-refractivity contribution in [2.75, 3.05) is 31.3 Å². The molecule has 0 spiro atoms. The van der Waals surface area contributed by atoms with E-state index >= 15 is 0 Å². The number of hydrogen-bond donors (Lipinski definition) is 10. The van der Waals surface area contributed by atoms with Gasteiger partial charge in [-0.2, -0.15) is 0 Å². The fraction of sp³-hybridized carbons (Fsp3) is 0.579. The van der Waals surface area contributed by atoms with Gasteiger partial charge in [-0.3, -0.25) is 0 Å². The van der Waals surface area contributed by atoms with Crippen LogP contribution in [0.3, 0.4) is 0 Å². The topological polar surface area (TPSA) is 205 Å². The summed E-state index contributed by atoms with van der Waals surface area (Å²) in [5, 5.41) is 85.1. The van der Waals surface area contributed by atoms with Crippen LogP contribution in [0.2, 0.25) is 0 Å². The van der Waals surface area contributed by atoms with Crippen LogP contribution in [-0.2, 0) is 18.3 Å². The molecule has 70 heavy (non-hydrogen) atoms. The highest BCUT2D eigenvalue weighted by molar-refractivity contribution is 8.76. The number of H-pyrrole nitrogens is 1. The van der Waals surface area contributed by atoms with Gasteiger partial charge in [0.2, 0.25) is 0 Å². The number of allylic oxidation sites excluding steroid dienone is 3. The normalized spacial score (nSPS) is 33.5. The van der Waals surface area contributed by atoms with Crippen molar-refractivity contribution in [1.82, 2.24) is 10.3 Å². The van der Waals surface area contributed by atoms with Crippen LogP contribution in [0.25, 0.3) is 0 Å². The number of rotatable bonds is 11. The lowest BCUT2D eigenvalue weighted by atomic mass is 9.63. The summed E-state index contributed by atoms with van der Waals surface area (Å²) >= 11 is 0. The first-order chi connectivity index (χ1) is 33.9. The van der Waals surface area contributed by atoms with E-state index in [9.17, 15) is 35.7 Å². The Labute approximate surface area is 422 Å². The molecule has 0 radical (unpaired) electrons. The van der Waals surface area contributed by atoms with Crippen LogP contribution in [0.5, 0.6) is 11.5 Å². The molecule has 1 saturated carbocycles. The molecule has 2 aliphatic heterocycles. The largest absolute Gasteiger partial charge is 0.504 e. The highest BCUT2D eigenvalue weighted by atomic mass is 33.1. The number of nitrogens with one attached hydrogen (secondary N) is 2. The van der Waals surface area contributed by atoms with E-state index in [-0.39, 0.29) is 47.9 Å². The Bertz CT molecular complexity index is 2410. The lowest BCUT2D eigenvalue weighted by Gasteiger charge is -2.41. The molecular weight excluding hydrogens is 919 g/mol. The predicted octanol–water partition coefficient (Wildman–Crippen LogP) is 7.55. The number of phenols is 1. The minimum atomic E-state index is -1.07. The summed E-state index contributed by atoms with van der Waals surface area (Å²) in [6.07, 6.45) is 11.1.